The molecule has 0 atom stereocenters. The molecule has 0 aliphatic rings. The molecule has 29 heavy (non-hydrogen) atoms. The Bertz CT molecular complexity index is 463. The molecule has 0 aliphatic carbocycles. The van der Waals surface area contributed by atoms with Crippen LogP contribution in [0.5, 0.6) is 0 Å². The predicted molar refractivity (Wildman–Crippen MR) is 128 cm³/mol. The van der Waals surface area contributed by atoms with Crippen molar-refractivity contribution in [3.8, 4) is 0 Å². The van der Waals surface area contributed by atoms with E-state index in [1.807, 2.05) is 0 Å². The van der Waals surface area contributed by atoms with E-state index in [1.54, 1.807) is 5.82 Å². The van der Waals surface area contributed by atoms with Crippen molar-refractivity contribution < 1.29 is 4.57 Å². The van der Waals surface area contributed by atoms with Crippen LogP contribution in [0.25, 0.3) is 0 Å². The predicted octanol–water partition coefficient (Wildman–Crippen LogP) is 8.40. The monoisotopic (exact) mass is 405 g/mol. The lowest BCUT2D eigenvalue weighted by molar-refractivity contribution is -0.704. The fourth-order valence-electron chi connectivity index (χ4n) is 4.33. The van der Waals surface area contributed by atoms with Crippen molar-refractivity contribution in [2.75, 3.05) is 0 Å². The van der Waals surface area contributed by atoms with Crippen LogP contribution in [0.4, 0.5) is 0 Å². The molecule has 170 valence electrons. The van der Waals surface area contributed by atoms with Gasteiger partial charge in [-0.1, -0.05) is 111 Å². The van der Waals surface area contributed by atoms with E-state index < -0.39 is 0 Å². The minimum Gasteiger partial charge on any atom is -0.234 e. The van der Waals surface area contributed by atoms with Crippen LogP contribution in [0.2, 0.25) is 0 Å². The van der Waals surface area contributed by atoms with E-state index >= 15 is 0 Å². The van der Waals surface area contributed by atoms with Gasteiger partial charge in [0.2, 0.25) is 0 Å². The molecule has 2 nitrogen and oxygen atoms in total. The van der Waals surface area contributed by atoms with Gasteiger partial charge in [0.25, 0.3) is 5.82 Å². The first kappa shape index (κ1) is 26.2. The molecule has 1 rings (SSSR count). The first-order valence-electron chi connectivity index (χ1n) is 13.4. The van der Waals surface area contributed by atoms with Gasteiger partial charge in [-0.2, -0.15) is 0 Å². The van der Waals surface area contributed by atoms with Crippen molar-refractivity contribution in [3.63, 3.8) is 0 Å². The van der Waals surface area contributed by atoms with Crippen molar-refractivity contribution in [1.82, 2.24) is 4.57 Å². The van der Waals surface area contributed by atoms with E-state index in [2.05, 4.69) is 42.3 Å². The standard InChI is InChI=1S/C27H53N2/c1-4-7-10-11-12-13-14-15-16-17-18-19-20-21-24-29-26-25-28(23-9-6-3)27(29)22-8-5-2/h25-26H,4-24H2,1-3H3/q+1. The summed E-state index contributed by atoms with van der Waals surface area (Å²) in [6.07, 6.45) is 31.2. The van der Waals surface area contributed by atoms with Crippen molar-refractivity contribution in [2.24, 2.45) is 0 Å². The van der Waals surface area contributed by atoms with Crippen molar-refractivity contribution in [1.29, 1.82) is 0 Å². The average Bonchev–Trinajstić information content (AvgIpc) is 3.12. The van der Waals surface area contributed by atoms with Crippen LogP contribution in [-0.4, -0.2) is 4.57 Å². The number of aromatic nitrogens is 2. The van der Waals surface area contributed by atoms with Crippen molar-refractivity contribution >= 4 is 0 Å². The van der Waals surface area contributed by atoms with Gasteiger partial charge in [0.05, 0.1) is 13.1 Å². The smallest absolute Gasteiger partial charge is 0.234 e. The second kappa shape index (κ2) is 19.2. The Morgan fingerprint density at radius 1 is 0.586 bits per heavy atom. The molecule has 0 aromatic carbocycles. The molecule has 1 heterocycles. The maximum absolute atomic E-state index is 2.55. The van der Waals surface area contributed by atoms with Crippen LogP contribution < -0.4 is 4.57 Å². The Hall–Kier alpha value is -0.790. The van der Waals surface area contributed by atoms with Crippen molar-refractivity contribution in [3.05, 3.63) is 18.2 Å². The van der Waals surface area contributed by atoms with Gasteiger partial charge in [0.1, 0.15) is 12.4 Å². The second-order valence-electron chi connectivity index (χ2n) is 9.15. The Balaban J connectivity index is 2.05. The van der Waals surface area contributed by atoms with Crippen LogP contribution >= 0.6 is 0 Å². The Morgan fingerprint density at radius 3 is 1.59 bits per heavy atom. The molecule has 0 unspecified atom stereocenters. The van der Waals surface area contributed by atoms with Crippen LogP contribution in [-0.2, 0) is 19.5 Å². The fourth-order valence-corrected chi connectivity index (χ4v) is 4.33. The highest BCUT2D eigenvalue weighted by Crippen LogP contribution is 2.13. The Labute approximate surface area is 183 Å². The van der Waals surface area contributed by atoms with E-state index in [0.717, 1.165) is 0 Å². The largest absolute Gasteiger partial charge is 0.256 e. The second-order valence-corrected chi connectivity index (χ2v) is 9.15. The summed E-state index contributed by atoms with van der Waals surface area (Å²) in [5.74, 6) is 1.56. The summed E-state index contributed by atoms with van der Waals surface area (Å²) in [5.41, 5.74) is 0. The molecule has 0 amide bonds. The summed E-state index contributed by atoms with van der Waals surface area (Å²) >= 11 is 0. The van der Waals surface area contributed by atoms with Gasteiger partial charge < -0.3 is 0 Å². The van der Waals surface area contributed by atoms with E-state index in [1.165, 1.54) is 135 Å². The average molecular weight is 406 g/mol. The third kappa shape index (κ3) is 13.2. The van der Waals surface area contributed by atoms with Gasteiger partial charge in [0, 0.05) is 6.42 Å². The highest BCUT2D eigenvalue weighted by molar-refractivity contribution is 4.84. The number of aryl methyl sites for hydroxylation is 2. The first-order valence-corrected chi connectivity index (χ1v) is 13.4. The van der Waals surface area contributed by atoms with Crippen LogP contribution in [0.3, 0.4) is 0 Å². The maximum atomic E-state index is 2.55. The third-order valence-corrected chi connectivity index (χ3v) is 6.35. The van der Waals surface area contributed by atoms with Gasteiger partial charge in [-0.3, -0.25) is 0 Å². The number of hydrogen-bond acceptors (Lipinski definition) is 0. The maximum Gasteiger partial charge on any atom is 0.256 e. The molecule has 0 bridgehead atoms. The zero-order chi connectivity index (χ0) is 21.0. The molecule has 0 radical (unpaired) electrons. The van der Waals surface area contributed by atoms with Gasteiger partial charge in [0.15, 0.2) is 0 Å². The van der Waals surface area contributed by atoms with Crippen molar-refractivity contribution in [2.45, 2.75) is 156 Å². The third-order valence-electron chi connectivity index (χ3n) is 6.35. The number of unbranched alkanes of at least 4 members (excludes halogenated alkanes) is 15. The Kier molecular flexibility index (Phi) is 17.4. The fraction of sp³-hybridized carbons (Fsp3) is 0.889. The van der Waals surface area contributed by atoms with E-state index in [4.69, 9.17) is 0 Å². The molecule has 0 aliphatic heterocycles. The van der Waals surface area contributed by atoms with Gasteiger partial charge >= 0.3 is 0 Å². The number of imidazole rings is 1. The summed E-state index contributed by atoms with van der Waals surface area (Å²) in [6, 6.07) is 0. The zero-order valence-corrected chi connectivity index (χ0v) is 20.4. The molecule has 0 saturated heterocycles. The minimum atomic E-state index is 1.20. The highest BCUT2D eigenvalue weighted by Gasteiger charge is 2.15. The molecule has 0 spiro atoms. The lowest BCUT2D eigenvalue weighted by Crippen LogP contribution is -2.37. The van der Waals surface area contributed by atoms with E-state index in [0.29, 0.717) is 0 Å². The summed E-state index contributed by atoms with van der Waals surface area (Å²) < 4.78 is 5.06. The van der Waals surface area contributed by atoms with Gasteiger partial charge in [-0.05, 0) is 25.7 Å². The van der Waals surface area contributed by atoms with Crippen LogP contribution in [0.1, 0.15) is 142 Å². The van der Waals surface area contributed by atoms with E-state index in [9.17, 15) is 0 Å². The van der Waals surface area contributed by atoms with Gasteiger partial charge in [-0.15, -0.1) is 0 Å². The number of nitrogens with zero attached hydrogens (tertiary/aromatic N) is 2. The molecule has 1 aromatic rings. The summed E-state index contributed by atoms with van der Waals surface area (Å²) in [5, 5.41) is 0. The normalized spacial score (nSPS) is 11.4. The lowest BCUT2D eigenvalue weighted by Gasteiger charge is -2.05. The SMILES string of the molecule is CCCCCCCCCCCCCCCC[n+]1ccn(CCCC)c1CCCC. The molecule has 0 N–H and O–H groups in total. The highest BCUT2D eigenvalue weighted by atomic mass is 15.1. The quantitative estimate of drug-likeness (QED) is 0.143. The molecule has 0 saturated carbocycles. The van der Waals surface area contributed by atoms with Crippen LogP contribution in [0, 0.1) is 0 Å². The summed E-state index contributed by atoms with van der Waals surface area (Å²) in [6.45, 7) is 9.31. The lowest BCUT2D eigenvalue weighted by atomic mass is 10.0. The number of hydrogen-bond donors (Lipinski definition) is 0. The van der Waals surface area contributed by atoms with Gasteiger partial charge in [-0.25, -0.2) is 9.13 Å². The van der Waals surface area contributed by atoms with Crippen LogP contribution in [0.15, 0.2) is 12.4 Å². The molecule has 2 heteroatoms. The summed E-state index contributed by atoms with van der Waals surface area (Å²) in [7, 11) is 0. The Morgan fingerprint density at radius 2 is 1.07 bits per heavy atom. The number of rotatable bonds is 21. The minimum absolute atomic E-state index is 1.20. The molecular weight excluding hydrogens is 352 g/mol. The molecular formula is C27H53N2+. The summed E-state index contributed by atoms with van der Waals surface area (Å²) in [4.78, 5) is 0. The van der Waals surface area contributed by atoms with E-state index in [-0.39, 0.29) is 0 Å². The topological polar surface area (TPSA) is 8.81 Å². The molecule has 0 fully saturated rings. The zero-order valence-electron chi connectivity index (χ0n) is 20.4. The molecule has 1 aromatic heterocycles. The first-order chi connectivity index (χ1) is 14.3.